The van der Waals surface area contributed by atoms with Crippen LogP contribution in [0.15, 0.2) is 59.5 Å². The van der Waals surface area contributed by atoms with Crippen molar-refractivity contribution in [3.8, 4) is 5.75 Å². The molecule has 0 aliphatic carbocycles. The summed E-state index contributed by atoms with van der Waals surface area (Å²) in [5.41, 5.74) is 0.615. The summed E-state index contributed by atoms with van der Waals surface area (Å²) in [5.74, 6) is -1.53. The van der Waals surface area contributed by atoms with Crippen molar-refractivity contribution in [2.45, 2.75) is 49.1 Å². The predicted octanol–water partition coefficient (Wildman–Crippen LogP) is 2.25. The standard InChI is InChI=1S/C25H29N3O7S/c29-23(22-9-6-16-28(22)36(33,34)20-7-2-1-3-8-20)26-21(24(30)31)17-18-10-12-19(13-11-18)35-25(32)27-14-4-5-15-27/h1-3,7-8,10-13,21-22H,4-6,9,14-17H2,(H,26,29)(H,30,31)/t21-,22+/m1/s1. The Morgan fingerprint density at radius 1 is 0.972 bits per heavy atom. The first-order chi connectivity index (χ1) is 17.3. The van der Waals surface area contributed by atoms with E-state index < -0.39 is 40.1 Å². The van der Waals surface area contributed by atoms with E-state index in [2.05, 4.69) is 5.32 Å². The number of hydrogen-bond acceptors (Lipinski definition) is 6. The van der Waals surface area contributed by atoms with E-state index in [1.807, 2.05) is 0 Å². The first-order valence-electron chi connectivity index (χ1n) is 11.9. The third-order valence-corrected chi connectivity index (χ3v) is 8.33. The molecular formula is C25H29N3O7S. The van der Waals surface area contributed by atoms with Crippen molar-refractivity contribution in [2.24, 2.45) is 0 Å². The second-order valence-corrected chi connectivity index (χ2v) is 10.8. The van der Waals surface area contributed by atoms with E-state index in [0.717, 1.165) is 17.1 Å². The van der Waals surface area contributed by atoms with Crippen LogP contribution in [-0.2, 0) is 26.0 Å². The van der Waals surface area contributed by atoms with Gasteiger partial charge in [0.2, 0.25) is 15.9 Å². The van der Waals surface area contributed by atoms with Crippen LogP contribution in [0.5, 0.6) is 5.75 Å². The number of likely N-dealkylation sites (tertiary alicyclic amines) is 1. The van der Waals surface area contributed by atoms with Crippen LogP contribution in [0.1, 0.15) is 31.2 Å². The highest BCUT2D eigenvalue weighted by Crippen LogP contribution is 2.26. The third kappa shape index (κ3) is 5.85. The number of rotatable bonds is 8. The molecule has 2 atom stereocenters. The molecule has 2 aromatic carbocycles. The normalized spacial score (nSPS) is 19.1. The average Bonchev–Trinajstić information content (AvgIpc) is 3.58. The van der Waals surface area contributed by atoms with Gasteiger partial charge in [0.1, 0.15) is 17.8 Å². The van der Waals surface area contributed by atoms with Crippen LogP contribution in [0.2, 0.25) is 0 Å². The summed E-state index contributed by atoms with van der Waals surface area (Å²) < 4.78 is 32.6. The van der Waals surface area contributed by atoms with Gasteiger partial charge in [-0.1, -0.05) is 30.3 Å². The van der Waals surface area contributed by atoms with Crippen LogP contribution >= 0.6 is 0 Å². The summed E-state index contributed by atoms with van der Waals surface area (Å²) in [7, 11) is -3.89. The maximum atomic E-state index is 13.0. The van der Waals surface area contributed by atoms with Gasteiger partial charge in [-0.25, -0.2) is 18.0 Å². The second kappa shape index (κ2) is 11.1. The van der Waals surface area contributed by atoms with Gasteiger partial charge in [-0.3, -0.25) is 4.79 Å². The van der Waals surface area contributed by atoms with Crippen molar-refractivity contribution >= 4 is 28.0 Å². The molecule has 4 rings (SSSR count). The fourth-order valence-electron chi connectivity index (χ4n) is 4.48. The molecule has 0 radical (unpaired) electrons. The monoisotopic (exact) mass is 515 g/mol. The number of hydrogen-bond donors (Lipinski definition) is 2. The third-order valence-electron chi connectivity index (χ3n) is 6.40. The second-order valence-electron chi connectivity index (χ2n) is 8.90. The lowest BCUT2D eigenvalue weighted by Crippen LogP contribution is -2.51. The first kappa shape index (κ1) is 25.6. The van der Waals surface area contributed by atoms with E-state index in [0.29, 0.717) is 37.2 Å². The van der Waals surface area contributed by atoms with Crippen LogP contribution in [0.25, 0.3) is 0 Å². The number of benzene rings is 2. The topological polar surface area (TPSA) is 133 Å². The minimum absolute atomic E-state index is 0.0143. The van der Waals surface area contributed by atoms with Gasteiger partial charge in [0.15, 0.2) is 0 Å². The Morgan fingerprint density at radius 2 is 1.64 bits per heavy atom. The molecule has 36 heavy (non-hydrogen) atoms. The molecule has 2 aromatic rings. The van der Waals surface area contributed by atoms with Crippen molar-refractivity contribution < 1.29 is 32.6 Å². The van der Waals surface area contributed by atoms with Crippen molar-refractivity contribution in [1.82, 2.24) is 14.5 Å². The lowest BCUT2D eigenvalue weighted by atomic mass is 10.1. The van der Waals surface area contributed by atoms with Crippen LogP contribution in [-0.4, -0.2) is 72.4 Å². The molecule has 192 valence electrons. The summed E-state index contributed by atoms with van der Waals surface area (Å²) in [6.07, 6.45) is 2.28. The van der Waals surface area contributed by atoms with E-state index in [4.69, 9.17) is 4.74 Å². The predicted molar refractivity (Wildman–Crippen MR) is 130 cm³/mol. The number of carboxylic acid groups (broad SMARTS) is 1. The highest BCUT2D eigenvalue weighted by atomic mass is 32.2. The number of ether oxygens (including phenoxy) is 1. The van der Waals surface area contributed by atoms with E-state index in [1.165, 1.54) is 12.1 Å². The lowest BCUT2D eigenvalue weighted by molar-refractivity contribution is -0.142. The number of aliphatic carboxylic acids is 1. The maximum absolute atomic E-state index is 13.0. The van der Waals surface area contributed by atoms with Gasteiger partial charge in [-0.15, -0.1) is 0 Å². The molecule has 2 fully saturated rings. The summed E-state index contributed by atoms with van der Waals surface area (Å²) in [5, 5.41) is 12.2. The van der Waals surface area contributed by atoms with Gasteiger partial charge < -0.3 is 20.1 Å². The van der Waals surface area contributed by atoms with E-state index >= 15 is 0 Å². The van der Waals surface area contributed by atoms with Crippen LogP contribution in [0, 0.1) is 0 Å². The zero-order chi connectivity index (χ0) is 25.7. The molecule has 0 unspecified atom stereocenters. The number of amides is 2. The summed E-state index contributed by atoms with van der Waals surface area (Å²) in [6, 6.07) is 12.0. The summed E-state index contributed by atoms with van der Waals surface area (Å²) >= 11 is 0. The van der Waals surface area contributed by atoms with Gasteiger partial charge in [0.05, 0.1) is 4.90 Å². The molecule has 0 spiro atoms. The molecule has 2 saturated heterocycles. The number of nitrogens with one attached hydrogen (secondary N) is 1. The first-order valence-corrected chi connectivity index (χ1v) is 13.4. The molecular weight excluding hydrogens is 486 g/mol. The molecule has 2 amide bonds. The number of carboxylic acids is 1. The Kier molecular flexibility index (Phi) is 7.90. The molecule has 11 heteroatoms. The van der Waals surface area contributed by atoms with Gasteiger partial charge in [-0.05, 0) is 55.5 Å². The molecule has 0 aromatic heterocycles. The van der Waals surface area contributed by atoms with Crippen molar-refractivity contribution in [3.63, 3.8) is 0 Å². The van der Waals surface area contributed by atoms with Crippen LogP contribution in [0.3, 0.4) is 0 Å². The SMILES string of the molecule is O=C(O)[C@@H](Cc1ccc(OC(=O)N2CCCC2)cc1)NC(=O)[C@@H]1CCCN1S(=O)(=O)c1ccccc1. The highest BCUT2D eigenvalue weighted by Gasteiger charge is 2.40. The molecule has 2 aliphatic rings. The zero-order valence-electron chi connectivity index (χ0n) is 19.7. The average molecular weight is 516 g/mol. The lowest BCUT2D eigenvalue weighted by Gasteiger charge is -2.25. The van der Waals surface area contributed by atoms with E-state index in [-0.39, 0.29) is 17.9 Å². The Bertz CT molecular complexity index is 1200. The van der Waals surface area contributed by atoms with Gasteiger partial charge in [0.25, 0.3) is 0 Å². The minimum Gasteiger partial charge on any atom is -0.480 e. The Labute approximate surface area is 209 Å². The fourth-order valence-corrected chi connectivity index (χ4v) is 6.16. The van der Waals surface area contributed by atoms with Gasteiger partial charge in [-0.2, -0.15) is 4.31 Å². The summed E-state index contributed by atoms with van der Waals surface area (Å²) in [6.45, 7) is 1.52. The largest absolute Gasteiger partial charge is 0.480 e. The fraction of sp³-hybridized carbons (Fsp3) is 0.400. The number of nitrogens with zero attached hydrogens (tertiary/aromatic N) is 2. The Morgan fingerprint density at radius 3 is 2.28 bits per heavy atom. The molecule has 10 nitrogen and oxygen atoms in total. The van der Waals surface area contributed by atoms with Gasteiger partial charge in [0, 0.05) is 26.1 Å². The van der Waals surface area contributed by atoms with Crippen molar-refractivity contribution in [2.75, 3.05) is 19.6 Å². The molecule has 2 heterocycles. The summed E-state index contributed by atoms with van der Waals surface area (Å²) in [4.78, 5) is 38.7. The van der Waals surface area contributed by atoms with Gasteiger partial charge >= 0.3 is 12.1 Å². The van der Waals surface area contributed by atoms with Crippen LogP contribution < -0.4 is 10.1 Å². The molecule has 0 saturated carbocycles. The minimum atomic E-state index is -3.89. The maximum Gasteiger partial charge on any atom is 0.415 e. The molecule has 0 bridgehead atoms. The number of sulfonamides is 1. The van der Waals surface area contributed by atoms with E-state index in [1.54, 1.807) is 47.4 Å². The number of carbonyl (C=O) groups excluding carboxylic acids is 2. The Hall–Kier alpha value is -3.44. The highest BCUT2D eigenvalue weighted by molar-refractivity contribution is 7.89. The zero-order valence-corrected chi connectivity index (χ0v) is 20.5. The van der Waals surface area contributed by atoms with Crippen molar-refractivity contribution in [3.05, 3.63) is 60.2 Å². The van der Waals surface area contributed by atoms with Crippen LogP contribution in [0.4, 0.5) is 4.79 Å². The number of carbonyl (C=O) groups is 3. The smallest absolute Gasteiger partial charge is 0.415 e. The Balaban J connectivity index is 1.39. The quantitative estimate of drug-likeness (QED) is 0.551. The van der Waals surface area contributed by atoms with E-state index in [9.17, 15) is 27.9 Å². The molecule has 2 aliphatic heterocycles. The molecule has 2 N–H and O–H groups in total. The van der Waals surface area contributed by atoms with Crippen molar-refractivity contribution in [1.29, 1.82) is 0 Å².